The van der Waals surface area contributed by atoms with Gasteiger partial charge in [-0.3, -0.25) is 4.79 Å². The molecule has 3 heteroatoms. The van der Waals surface area contributed by atoms with Crippen molar-refractivity contribution in [3.05, 3.63) is 35.9 Å². The first-order chi connectivity index (χ1) is 8.70. The number of nitrogens with two attached hydrogens (primary N) is 1. The lowest BCUT2D eigenvalue weighted by molar-refractivity contribution is -0.122. The molecule has 1 fully saturated rings. The molecule has 1 aliphatic rings. The Morgan fingerprint density at radius 1 is 1.39 bits per heavy atom. The molecule has 1 aromatic carbocycles. The second-order valence-corrected chi connectivity index (χ2v) is 5.26. The van der Waals surface area contributed by atoms with Crippen LogP contribution in [0.3, 0.4) is 0 Å². The van der Waals surface area contributed by atoms with Gasteiger partial charge in [0.25, 0.3) is 0 Å². The highest BCUT2D eigenvalue weighted by Crippen LogP contribution is 2.32. The molecule has 3 N–H and O–H groups in total. The van der Waals surface area contributed by atoms with Crippen molar-refractivity contribution in [1.82, 2.24) is 5.32 Å². The summed E-state index contributed by atoms with van der Waals surface area (Å²) in [5, 5.41) is 3.07. The van der Waals surface area contributed by atoms with Gasteiger partial charge in [-0.2, -0.15) is 0 Å². The highest BCUT2D eigenvalue weighted by Gasteiger charge is 2.31. The predicted octanol–water partition coefficient (Wildman–Crippen LogP) is 2.03. The number of carbonyl (C=O) groups excluding carboxylic acids is 1. The van der Waals surface area contributed by atoms with Gasteiger partial charge in [0.2, 0.25) is 5.91 Å². The molecule has 1 aromatic rings. The Bertz CT molecular complexity index is 387. The van der Waals surface area contributed by atoms with E-state index in [2.05, 4.69) is 24.4 Å². The van der Waals surface area contributed by atoms with E-state index in [-0.39, 0.29) is 17.9 Å². The topological polar surface area (TPSA) is 55.1 Å². The van der Waals surface area contributed by atoms with Crippen LogP contribution in [-0.4, -0.2) is 18.5 Å². The fourth-order valence-electron chi connectivity index (χ4n) is 2.31. The van der Waals surface area contributed by atoms with E-state index in [1.54, 1.807) is 0 Å². The van der Waals surface area contributed by atoms with E-state index >= 15 is 0 Å². The number of hydrogen-bond acceptors (Lipinski definition) is 2. The fraction of sp³-hybridized carbons (Fsp3) is 0.533. The fourth-order valence-corrected chi connectivity index (χ4v) is 2.31. The lowest BCUT2D eigenvalue weighted by Gasteiger charge is -2.18. The molecule has 0 aromatic heterocycles. The van der Waals surface area contributed by atoms with Crippen molar-refractivity contribution in [3.8, 4) is 0 Å². The molecule has 0 spiro atoms. The van der Waals surface area contributed by atoms with Crippen molar-refractivity contribution in [1.29, 1.82) is 0 Å². The molecule has 2 rings (SSSR count). The number of nitrogens with one attached hydrogen (secondary N) is 1. The third kappa shape index (κ3) is 3.57. The van der Waals surface area contributed by atoms with E-state index in [1.807, 2.05) is 18.2 Å². The van der Waals surface area contributed by atoms with Crippen LogP contribution in [0.4, 0.5) is 0 Å². The Hall–Kier alpha value is -1.35. The maximum absolute atomic E-state index is 12.0. The monoisotopic (exact) mass is 246 g/mol. The maximum atomic E-state index is 12.0. The molecule has 2 unspecified atom stereocenters. The van der Waals surface area contributed by atoms with Gasteiger partial charge in [-0.25, -0.2) is 0 Å². The van der Waals surface area contributed by atoms with Crippen molar-refractivity contribution >= 4 is 5.91 Å². The largest absolute Gasteiger partial charge is 0.352 e. The van der Waals surface area contributed by atoms with E-state index in [4.69, 9.17) is 5.73 Å². The van der Waals surface area contributed by atoms with Crippen molar-refractivity contribution in [2.45, 2.75) is 38.1 Å². The Morgan fingerprint density at radius 3 is 2.61 bits per heavy atom. The number of rotatable bonds is 6. The summed E-state index contributed by atoms with van der Waals surface area (Å²) in [4.78, 5) is 12.0. The van der Waals surface area contributed by atoms with E-state index in [9.17, 15) is 4.79 Å². The minimum absolute atomic E-state index is 0.119. The highest BCUT2D eigenvalue weighted by molar-refractivity contribution is 5.77. The van der Waals surface area contributed by atoms with Crippen LogP contribution in [0, 0.1) is 5.92 Å². The molecule has 0 bridgehead atoms. The molecular weight excluding hydrogens is 224 g/mol. The van der Waals surface area contributed by atoms with Crippen LogP contribution >= 0.6 is 0 Å². The summed E-state index contributed by atoms with van der Waals surface area (Å²) < 4.78 is 0. The Labute approximate surface area is 109 Å². The maximum Gasteiger partial charge on any atom is 0.220 e. The second-order valence-electron chi connectivity index (χ2n) is 5.26. The van der Waals surface area contributed by atoms with Crippen LogP contribution in [-0.2, 0) is 4.79 Å². The predicted molar refractivity (Wildman–Crippen MR) is 73.2 cm³/mol. The van der Waals surface area contributed by atoms with Crippen molar-refractivity contribution in [2.24, 2.45) is 11.7 Å². The molecule has 0 saturated heterocycles. The van der Waals surface area contributed by atoms with Gasteiger partial charge in [0, 0.05) is 19.0 Å². The molecule has 18 heavy (non-hydrogen) atoms. The quantitative estimate of drug-likeness (QED) is 0.807. The first kappa shape index (κ1) is 13.1. The van der Waals surface area contributed by atoms with Crippen molar-refractivity contribution in [2.75, 3.05) is 6.54 Å². The molecule has 1 amide bonds. The summed E-state index contributed by atoms with van der Waals surface area (Å²) >= 11 is 0. The van der Waals surface area contributed by atoms with Crippen LogP contribution in [0.25, 0.3) is 0 Å². The minimum Gasteiger partial charge on any atom is -0.352 e. The van der Waals surface area contributed by atoms with E-state index < -0.39 is 0 Å². The van der Waals surface area contributed by atoms with Gasteiger partial charge in [-0.1, -0.05) is 37.3 Å². The lowest BCUT2D eigenvalue weighted by Crippen LogP contribution is -2.42. The Balaban J connectivity index is 1.83. The summed E-state index contributed by atoms with van der Waals surface area (Å²) in [6.45, 7) is 2.64. The molecule has 3 nitrogen and oxygen atoms in total. The van der Waals surface area contributed by atoms with E-state index in [0.717, 1.165) is 0 Å². The Kier molecular flexibility index (Phi) is 4.37. The van der Waals surface area contributed by atoms with Crippen LogP contribution in [0.1, 0.15) is 37.7 Å². The third-order valence-corrected chi connectivity index (χ3v) is 3.65. The molecule has 2 atom stereocenters. The summed E-state index contributed by atoms with van der Waals surface area (Å²) in [6, 6.07) is 10.3. The zero-order chi connectivity index (χ0) is 13.0. The number of carbonyl (C=O) groups is 1. The minimum atomic E-state index is 0.119. The number of amides is 1. The van der Waals surface area contributed by atoms with Gasteiger partial charge in [-0.15, -0.1) is 0 Å². The van der Waals surface area contributed by atoms with Crippen LogP contribution < -0.4 is 11.1 Å². The normalized spacial score (nSPS) is 18.1. The van der Waals surface area contributed by atoms with Gasteiger partial charge in [0.1, 0.15) is 0 Å². The molecule has 0 heterocycles. The van der Waals surface area contributed by atoms with Gasteiger partial charge in [0.15, 0.2) is 0 Å². The molecule has 1 aliphatic carbocycles. The molecule has 0 aliphatic heterocycles. The zero-order valence-corrected chi connectivity index (χ0v) is 10.9. The van der Waals surface area contributed by atoms with Crippen LogP contribution in [0.5, 0.6) is 0 Å². The first-order valence-corrected chi connectivity index (χ1v) is 6.75. The molecule has 98 valence electrons. The van der Waals surface area contributed by atoms with Crippen molar-refractivity contribution < 1.29 is 4.79 Å². The van der Waals surface area contributed by atoms with Crippen LogP contribution in [0.15, 0.2) is 30.3 Å². The number of benzene rings is 1. The number of hydrogen-bond donors (Lipinski definition) is 2. The highest BCUT2D eigenvalue weighted by atomic mass is 16.1. The van der Waals surface area contributed by atoms with Gasteiger partial charge in [-0.05, 0) is 30.2 Å². The smallest absolute Gasteiger partial charge is 0.220 e. The molecule has 1 saturated carbocycles. The summed E-state index contributed by atoms with van der Waals surface area (Å²) in [5.74, 6) is 0.989. The summed E-state index contributed by atoms with van der Waals surface area (Å²) in [5.41, 5.74) is 6.90. The molecule has 0 radical (unpaired) electrons. The standard InChI is InChI=1S/C15H22N2O/c1-11(12-5-3-2-4-6-12)9-15(18)17-14(10-16)13-7-8-13/h2-6,11,13-14H,7-10,16H2,1H3,(H,17,18). The van der Waals surface area contributed by atoms with E-state index in [1.165, 1.54) is 18.4 Å². The van der Waals surface area contributed by atoms with Crippen molar-refractivity contribution in [3.63, 3.8) is 0 Å². The molecular formula is C15H22N2O. The average molecular weight is 246 g/mol. The van der Waals surface area contributed by atoms with Gasteiger partial charge in [0.05, 0.1) is 0 Å². The summed E-state index contributed by atoms with van der Waals surface area (Å²) in [6.07, 6.45) is 2.94. The van der Waals surface area contributed by atoms with Gasteiger partial charge >= 0.3 is 0 Å². The Morgan fingerprint density at radius 2 is 2.06 bits per heavy atom. The first-order valence-electron chi connectivity index (χ1n) is 6.75. The average Bonchev–Trinajstić information content (AvgIpc) is 3.21. The zero-order valence-electron chi connectivity index (χ0n) is 10.9. The lowest BCUT2D eigenvalue weighted by atomic mass is 9.97. The van der Waals surface area contributed by atoms with Crippen LogP contribution in [0.2, 0.25) is 0 Å². The SMILES string of the molecule is CC(CC(=O)NC(CN)C1CC1)c1ccccc1. The summed E-state index contributed by atoms with van der Waals surface area (Å²) in [7, 11) is 0. The van der Waals surface area contributed by atoms with E-state index in [0.29, 0.717) is 18.9 Å². The van der Waals surface area contributed by atoms with Gasteiger partial charge < -0.3 is 11.1 Å². The third-order valence-electron chi connectivity index (χ3n) is 3.65. The second kappa shape index (κ2) is 6.01.